The number of likely N-dealkylation sites (tertiary alicyclic amines) is 1. The lowest BCUT2D eigenvalue weighted by Gasteiger charge is -2.21. The van der Waals surface area contributed by atoms with E-state index in [0.29, 0.717) is 12.3 Å². The molecule has 2 aromatic heterocycles. The molecule has 0 N–H and O–H groups in total. The Labute approximate surface area is 143 Å². The normalized spacial score (nSPS) is 17.6. The first kappa shape index (κ1) is 16.6. The second-order valence-electron chi connectivity index (χ2n) is 6.75. The van der Waals surface area contributed by atoms with Crippen molar-refractivity contribution >= 4 is 5.91 Å². The smallest absolute Gasteiger partial charge is 0.227 e. The summed E-state index contributed by atoms with van der Waals surface area (Å²) in [7, 11) is 4.01. The highest BCUT2D eigenvalue weighted by Crippen LogP contribution is 2.19. The second kappa shape index (κ2) is 7.57. The topological polar surface area (TPSA) is 54.3 Å². The summed E-state index contributed by atoms with van der Waals surface area (Å²) >= 11 is 0. The number of aromatic nitrogens is 3. The largest absolute Gasteiger partial charge is 0.342 e. The van der Waals surface area contributed by atoms with Crippen LogP contribution in [0.25, 0.3) is 0 Å². The predicted molar refractivity (Wildman–Crippen MR) is 92.2 cm³/mol. The van der Waals surface area contributed by atoms with Crippen LogP contribution >= 0.6 is 0 Å². The van der Waals surface area contributed by atoms with E-state index >= 15 is 0 Å². The van der Waals surface area contributed by atoms with Gasteiger partial charge in [-0.25, -0.2) is 0 Å². The van der Waals surface area contributed by atoms with E-state index in [0.717, 1.165) is 38.2 Å². The first-order valence-electron chi connectivity index (χ1n) is 8.43. The van der Waals surface area contributed by atoms with E-state index in [1.54, 1.807) is 17.1 Å². The van der Waals surface area contributed by atoms with Crippen LogP contribution in [-0.2, 0) is 24.8 Å². The summed E-state index contributed by atoms with van der Waals surface area (Å²) in [5, 5.41) is 4.12. The number of pyridine rings is 1. The van der Waals surface area contributed by atoms with E-state index in [9.17, 15) is 4.79 Å². The Morgan fingerprint density at radius 1 is 1.38 bits per heavy atom. The number of carbonyl (C=O) groups is 1. The molecule has 1 fully saturated rings. The molecule has 1 aliphatic heterocycles. The van der Waals surface area contributed by atoms with E-state index < -0.39 is 0 Å². The van der Waals surface area contributed by atoms with Crippen LogP contribution < -0.4 is 0 Å². The van der Waals surface area contributed by atoms with Crippen molar-refractivity contribution in [3.05, 3.63) is 48.0 Å². The molecule has 1 amide bonds. The number of amides is 1. The van der Waals surface area contributed by atoms with E-state index in [2.05, 4.69) is 28.1 Å². The molecular weight excluding hydrogens is 302 g/mol. The van der Waals surface area contributed by atoms with Crippen LogP contribution in [0, 0.1) is 5.92 Å². The number of hydrogen-bond donors (Lipinski definition) is 0. The molecule has 0 aliphatic carbocycles. The van der Waals surface area contributed by atoms with Gasteiger partial charge in [0.1, 0.15) is 0 Å². The maximum Gasteiger partial charge on any atom is 0.227 e. The number of hydrogen-bond acceptors (Lipinski definition) is 4. The minimum absolute atomic E-state index is 0.209. The molecular formula is C18H25N5O. The third kappa shape index (κ3) is 4.41. The summed E-state index contributed by atoms with van der Waals surface area (Å²) in [6.07, 6.45) is 8.92. The van der Waals surface area contributed by atoms with Gasteiger partial charge in [-0.05, 0) is 36.6 Å². The average Bonchev–Trinajstić information content (AvgIpc) is 3.17. The van der Waals surface area contributed by atoms with Crippen molar-refractivity contribution in [1.82, 2.24) is 24.6 Å². The zero-order chi connectivity index (χ0) is 16.9. The molecule has 0 radical (unpaired) electrons. The van der Waals surface area contributed by atoms with Gasteiger partial charge in [0, 0.05) is 51.8 Å². The van der Waals surface area contributed by atoms with Gasteiger partial charge in [-0.2, -0.15) is 5.10 Å². The van der Waals surface area contributed by atoms with Crippen molar-refractivity contribution in [3.63, 3.8) is 0 Å². The molecule has 0 aromatic carbocycles. The lowest BCUT2D eigenvalue weighted by Crippen LogP contribution is -2.32. The van der Waals surface area contributed by atoms with Crippen molar-refractivity contribution in [1.29, 1.82) is 0 Å². The van der Waals surface area contributed by atoms with Gasteiger partial charge in [-0.15, -0.1) is 0 Å². The Balaban J connectivity index is 1.45. The lowest BCUT2D eigenvalue weighted by molar-refractivity contribution is -0.129. The van der Waals surface area contributed by atoms with Crippen LogP contribution in [0.4, 0.5) is 0 Å². The van der Waals surface area contributed by atoms with Gasteiger partial charge in [0.05, 0.1) is 12.6 Å². The standard InChI is InChI=1S/C18H25N5O/c1-21(11-15-4-3-6-19-9-15)12-16-5-7-23(14-16)18(24)8-17-10-20-22(2)13-17/h3-4,6,9-10,13,16H,5,7-8,11-12,14H2,1-2H3/t16-/m1/s1. The highest BCUT2D eigenvalue weighted by atomic mass is 16.2. The van der Waals surface area contributed by atoms with Gasteiger partial charge in [-0.3, -0.25) is 14.5 Å². The Hall–Kier alpha value is -2.21. The summed E-state index contributed by atoms with van der Waals surface area (Å²) in [5.74, 6) is 0.755. The summed E-state index contributed by atoms with van der Waals surface area (Å²) < 4.78 is 1.74. The molecule has 1 aliphatic rings. The Morgan fingerprint density at radius 2 is 2.25 bits per heavy atom. The minimum atomic E-state index is 0.209. The van der Waals surface area contributed by atoms with Crippen LogP contribution in [0.1, 0.15) is 17.5 Å². The Bertz CT molecular complexity index is 669. The molecule has 0 saturated carbocycles. The molecule has 3 rings (SSSR count). The van der Waals surface area contributed by atoms with Gasteiger partial charge in [0.25, 0.3) is 0 Å². The highest BCUT2D eigenvalue weighted by Gasteiger charge is 2.27. The van der Waals surface area contributed by atoms with Crippen LogP contribution in [0.3, 0.4) is 0 Å². The van der Waals surface area contributed by atoms with E-state index in [1.165, 1.54) is 5.56 Å². The fourth-order valence-electron chi connectivity index (χ4n) is 3.37. The van der Waals surface area contributed by atoms with Crippen LogP contribution in [-0.4, -0.2) is 57.2 Å². The number of nitrogens with zero attached hydrogens (tertiary/aromatic N) is 5. The summed E-state index contributed by atoms with van der Waals surface area (Å²) in [5.41, 5.74) is 2.21. The van der Waals surface area contributed by atoms with Crippen LogP contribution in [0.15, 0.2) is 36.9 Å². The number of aryl methyl sites for hydroxylation is 1. The van der Waals surface area contributed by atoms with E-state index in [1.807, 2.05) is 30.4 Å². The fourth-order valence-corrected chi connectivity index (χ4v) is 3.37. The van der Waals surface area contributed by atoms with Gasteiger partial charge in [-0.1, -0.05) is 6.07 Å². The molecule has 1 atom stereocenters. The SMILES string of the molecule is CN(Cc1cccnc1)C[C@H]1CCN(C(=O)Cc2cnn(C)c2)C1. The maximum atomic E-state index is 12.4. The van der Waals surface area contributed by atoms with Gasteiger partial charge in [0.15, 0.2) is 0 Å². The lowest BCUT2D eigenvalue weighted by atomic mass is 10.1. The molecule has 6 nitrogen and oxygen atoms in total. The van der Waals surface area contributed by atoms with E-state index in [-0.39, 0.29) is 5.91 Å². The van der Waals surface area contributed by atoms with Gasteiger partial charge >= 0.3 is 0 Å². The summed E-state index contributed by atoms with van der Waals surface area (Å²) in [4.78, 5) is 20.9. The molecule has 6 heteroatoms. The molecule has 128 valence electrons. The van der Waals surface area contributed by atoms with Crippen LogP contribution in [0.2, 0.25) is 0 Å². The predicted octanol–water partition coefficient (Wildman–Crippen LogP) is 1.34. The quantitative estimate of drug-likeness (QED) is 0.803. The van der Waals surface area contributed by atoms with Crippen molar-refractivity contribution in [3.8, 4) is 0 Å². The van der Waals surface area contributed by atoms with Gasteiger partial charge in [0.2, 0.25) is 5.91 Å². The molecule has 1 saturated heterocycles. The molecule has 0 bridgehead atoms. The van der Waals surface area contributed by atoms with Crippen LogP contribution in [0.5, 0.6) is 0 Å². The second-order valence-corrected chi connectivity index (χ2v) is 6.75. The summed E-state index contributed by atoms with van der Waals surface area (Å²) in [6, 6.07) is 4.07. The Morgan fingerprint density at radius 3 is 2.96 bits per heavy atom. The van der Waals surface area contributed by atoms with Crippen molar-refractivity contribution in [2.75, 3.05) is 26.7 Å². The molecule has 2 aromatic rings. The molecule has 24 heavy (non-hydrogen) atoms. The van der Waals surface area contributed by atoms with Crippen molar-refractivity contribution < 1.29 is 4.79 Å². The third-order valence-corrected chi connectivity index (χ3v) is 4.50. The van der Waals surface area contributed by atoms with Crippen molar-refractivity contribution in [2.45, 2.75) is 19.4 Å². The average molecular weight is 327 g/mol. The highest BCUT2D eigenvalue weighted by molar-refractivity contribution is 5.78. The van der Waals surface area contributed by atoms with E-state index in [4.69, 9.17) is 0 Å². The number of carbonyl (C=O) groups excluding carboxylic acids is 1. The fraction of sp³-hybridized carbons (Fsp3) is 0.500. The first-order valence-corrected chi connectivity index (χ1v) is 8.43. The summed E-state index contributed by atoms with van der Waals surface area (Å²) in [6.45, 7) is 3.63. The molecule has 0 spiro atoms. The van der Waals surface area contributed by atoms with Gasteiger partial charge < -0.3 is 9.80 Å². The number of rotatable bonds is 6. The van der Waals surface area contributed by atoms with Crippen molar-refractivity contribution in [2.24, 2.45) is 13.0 Å². The third-order valence-electron chi connectivity index (χ3n) is 4.50. The zero-order valence-corrected chi connectivity index (χ0v) is 14.4. The first-order chi connectivity index (χ1) is 11.6. The monoisotopic (exact) mass is 327 g/mol. The maximum absolute atomic E-state index is 12.4. The molecule has 3 heterocycles. The zero-order valence-electron chi connectivity index (χ0n) is 14.4. The Kier molecular flexibility index (Phi) is 5.25. The molecule has 0 unspecified atom stereocenters. The minimum Gasteiger partial charge on any atom is -0.342 e.